The number of amides is 1. The van der Waals surface area contributed by atoms with E-state index in [1.54, 1.807) is 34.9 Å². The fraction of sp³-hybridized carbons (Fsp3) is 0.409. The molecule has 0 N–H and O–H groups in total. The van der Waals surface area contributed by atoms with Gasteiger partial charge in [-0.15, -0.1) is 11.3 Å². The summed E-state index contributed by atoms with van der Waals surface area (Å²) in [5.74, 6) is 0.641. The number of hydrogen-bond acceptors (Lipinski definition) is 5. The number of benzene rings is 1. The van der Waals surface area contributed by atoms with Gasteiger partial charge in [0.15, 0.2) is 5.16 Å². The topological polar surface area (TPSA) is 55.2 Å². The summed E-state index contributed by atoms with van der Waals surface area (Å²) in [6.45, 7) is 4.12. The lowest BCUT2D eigenvalue weighted by Gasteiger charge is -2.19. The van der Waals surface area contributed by atoms with Crippen molar-refractivity contribution < 1.29 is 4.79 Å². The van der Waals surface area contributed by atoms with E-state index in [0.29, 0.717) is 11.1 Å². The minimum absolute atomic E-state index is 0.00302. The van der Waals surface area contributed by atoms with Gasteiger partial charge in [-0.3, -0.25) is 14.2 Å². The first-order valence-electron chi connectivity index (χ1n) is 9.87. The lowest BCUT2D eigenvalue weighted by molar-refractivity contribution is -0.127. The highest BCUT2D eigenvalue weighted by Crippen LogP contribution is 2.37. The summed E-state index contributed by atoms with van der Waals surface area (Å²) in [4.78, 5) is 34.7. The van der Waals surface area contributed by atoms with Crippen LogP contribution >= 0.6 is 23.1 Å². The van der Waals surface area contributed by atoms with Crippen LogP contribution in [0.3, 0.4) is 0 Å². The van der Waals surface area contributed by atoms with E-state index in [1.807, 2.05) is 37.3 Å². The van der Waals surface area contributed by atoms with Crippen LogP contribution in [0.2, 0.25) is 0 Å². The molecule has 29 heavy (non-hydrogen) atoms. The van der Waals surface area contributed by atoms with Crippen LogP contribution in [-0.2, 0) is 17.6 Å². The quantitative estimate of drug-likeness (QED) is 0.464. The highest BCUT2D eigenvalue weighted by molar-refractivity contribution is 8.00. The zero-order valence-corrected chi connectivity index (χ0v) is 18.8. The summed E-state index contributed by atoms with van der Waals surface area (Å²) in [5.41, 5.74) is 1.93. The molecule has 0 bridgehead atoms. The van der Waals surface area contributed by atoms with Crippen molar-refractivity contribution in [2.24, 2.45) is 5.92 Å². The van der Waals surface area contributed by atoms with Crippen LogP contribution < -0.4 is 5.56 Å². The lowest BCUT2D eigenvalue weighted by atomic mass is 9.89. The lowest BCUT2D eigenvalue weighted by Crippen LogP contribution is -2.31. The first-order chi connectivity index (χ1) is 13.9. The van der Waals surface area contributed by atoms with E-state index < -0.39 is 0 Å². The Bertz CT molecular complexity index is 1120. The Balaban J connectivity index is 1.92. The number of rotatable bonds is 4. The van der Waals surface area contributed by atoms with Gasteiger partial charge in [0.1, 0.15) is 4.83 Å². The summed E-state index contributed by atoms with van der Waals surface area (Å²) in [6, 6.07) is 9.59. The van der Waals surface area contributed by atoms with E-state index in [2.05, 4.69) is 6.92 Å². The van der Waals surface area contributed by atoms with Gasteiger partial charge in [0.25, 0.3) is 5.56 Å². The molecule has 1 amide bonds. The highest BCUT2D eigenvalue weighted by atomic mass is 32.2. The first-order valence-corrected chi connectivity index (χ1v) is 11.6. The highest BCUT2D eigenvalue weighted by Gasteiger charge is 2.26. The van der Waals surface area contributed by atoms with E-state index in [1.165, 1.54) is 22.2 Å². The Morgan fingerprint density at radius 3 is 2.72 bits per heavy atom. The molecular weight excluding hydrogens is 402 g/mol. The molecule has 152 valence electrons. The Morgan fingerprint density at radius 2 is 2.03 bits per heavy atom. The van der Waals surface area contributed by atoms with Crippen LogP contribution in [0, 0.1) is 5.92 Å². The maximum atomic E-state index is 13.7. The molecule has 3 aromatic rings. The van der Waals surface area contributed by atoms with Crippen LogP contribution in [0.4, 0.5) is 0 Å². The molecule has 0 aliphatic heterocycles. The minimum Gasteiger partial charge on any atom is -0.348 e. The van der Waals surface area contributed by atoms with Crippen molar-refractivity contribution >= 4 is 39.2 Å². The third kappa shape index (κ3) is 3.73. The normalized spacial score (nSPS) is 17.2. The number of hydrogen-bond donors (Lipinski definition) is 0. The third-order valence-corrected chi connectivity index (χ3v) is 7.57. The van der Waals surface area contributed by atoms with E-state index >= 15 is 0 Å². The number of fused-ring (bicyclic) bond motifs is 3. The van der Waals surface area contributed by atoms with E-state index in [9.17, 15) is 9.59 Å². The molecular formula is C22H25N3O2S2. The number of thioether (sulfide) groups is 1. The maximum absolute atomic E-state index is 13.7. The SMILES string of the molecule is CC1CCc2c(sc3nc(SC(C)C(=O)N(C)C)n(-c4ccccc4)c(=O)c23)C1. The number of para-hydroxylation sites is 1. The van der Waals surface area contributed by atoms with Gasteiger partial charge in [-0.05, 0) is 49.8 Å². The molecule has 0 saturated carbocycles. The number of aryl methyl sites for hydroxylation is 1. The van der Waals surface area contributed by atoms with Crippen molar-refractivity contribution in [3.05, 3.63) is 51.1 Å². The average Bonchev–Trinajstić information content (AvgIpc) is 3.05. The van der Waals surface area contributed by atoms with Gasteiger partial charge in [0.05, 0.1) is 16.3 Å². The molecule has 0 saturated heterocycles. The molecule has 7 heteroatoms. The molecule has 2 aromatic heterocycles. The smallest absolute Gasteiger partial charge is 0.267 e. The first kappa shape index (κ1) is 20.2. The van der Waals surface area contributed by atoms with Crippen molar-refractivity contribution in [2.75, 3.05) is 14.1 Å². The van der Waals surface area contributed by atoms with Crippen molar-refractivity contribution in [3.63, 3.8) is 0 Å². The Morgan fingerprint density at radius 1 is 1.31 bits per heavy atom. The number of aromatic nitrogens is 2. The van der Waals surface area contributed by atoms with Gasteiger partial charge in [-0.25, -0.2) is 4.98 Å². The summed E-state index contributed by atoms with van der Waals surface area (Å²) < 4.78 is 1.68. The minimum atomic E-state index is -0.334. The van der Waals surface area contributed by atoms with Gasteiger partial charge in [-0.2, -0.15) is 0 Å². The molecule has 0 spiro atoms. The standard InChI is InChI=1S/C22H25N3O2S2/c1-13-10-11-16-17(12-13)29-19-18(16)21(27)25(15-8-6-5-7-9-15)22(23-19)28-14(2)20(26)24(3)4/h5-9,13-14H,10-12H2,1-4H3. The molecule has 1 aliphatic carbocycles. The molecule has 1 aromatic carbocycles. The fourth-order valence-corrected chi connectivity index (χ4v) is 6.32. The monoisotopic (exact) mass is 427 g/mol. The van der Waals surface area contributed by atoms with Crippen LogP contribution in [0.5, 0.6) is 0 Å². The number of carbonyl (C=O) groups is 1. The average molecular weight is 428 g/mol. The van der Waals surface area contributed by atoms with Crippen molar-refractivity contribution in [3.8, 4) is 5.69 Å². The maximum Gasteiger partial charge on any atom is 0.267 e. The third-order valence-electron chi connectivity index (χ3n) is 5.38. The second kappa shape index (κ2) is 7.95. The molecule has 0 radical (unpaired) electrons. The van der Waals surface area contributed by atoms with E-state index in [0.717, 1.165) is 35.2 Å². The van der Waals surface area contributed by atoms with Gasteiger partial charge in [0.2, 0.25) is 5.91 Å². The molecule has 4 rings (SSSR count). The van der Waals surface area contributed by atoms with E-state index in [-0.39, 0.29) is 16.7 Å². The van der Waals surface area contributed by atoms with Gasteiger partial charge in [0, 0.05) is 19.0 Å². The predicted molar refractivity (Wildman–Crippen MR) is 120 cm³/mol. The second-order valence-electron chi connectivity index (χ2n) is 7.90. The number of nitrogens with zero attached hydrogens (tertiary/aromatic N) is 3. The van der Waals surface area contributed by atoms with Crippen molar-refractivity contribution in [1.82, 2.24) is 14.5 Å². The van der Waals surface area contributed by atoms with E-state index in [4.69, 9.17) is 4.98 Å². The zero-order valence-electron chi connectivity index (χ0n) is 17.1. The molecule has 1 aliphatic rings. The van der Waals surface area contributed by atoms with Gasteiger partial charge < -0.3 is 4.90 Å². The Hall–Kier alpha value is -2.12. The molecule has 0 fully saturated rings. The van der Waals surface area contributed by atoms with Crippen LogP contribution in [0.15, 0.2) is 40.3 Å². The molecule has 2 unspecified atom stereocenters. The molecule has 5 nitrogen and oxygen atoms in total. The molecule has 2 heterocycles. The summed E-state index contributed by atoms with van der Waals surface area (Å²) in [7, 11) is 3.49. The van der Waals surface area contributed by atoms with Crippen LogP contribution in [0.1, 0.15) is 30.7 Å². The molecule has 2 atom stereocenters. The Labute approximate surface area is 178 Å². The van der Waals surface area contributed by atoms with Gasteiger partial charge >= 0.3 is 0 Å². The van der Waals surface area contributed by atoms with Crippen LogP contribution in [-0.4, -0.2) is 39.7 Å². The fourth-order valence-electron chi connectivity index (χ4n) is 3.83. The predicted octanol–water partition coefficient (Wildman–Crippen LogP) is 4.14. The summed E-state index contributed by atoms with van der Waals surface area (Å²) >= 11 is 2.99. The van der Waals surface area contributed by atoms with Crippen molar-refractivity contribution in [1.29, 1.82) is 0 Å². The Kier molecular flexibility index (Phi) is 5.53. The summed E-state index contributed by atoms with van der Waals surface area (Å²) in [5, 5.41) is 0.999. The number of carbonyl (C=O) groups excluding carboxylic acids is 1. The number of thiophene rings is 1. The summed E-state index contributed by atoms with van der Waals surface area (Å²) in [6.07, 6.45) is 3.05. The van der Waals surface area contributed by atoms with Crippen LogP contribution in [0.25, 0.3) is 15.9 Å². The van der Waals surface area contributed by atoms with Crippen molar-refractivity contribution in [2.45, 2.75) is 43.5 Å². The largest absolute Gasteiger partial charge is 0.348 e. The second-order valence-corrected chi connectivity index (χ2v) is 10.3. The van der Waals surface area contributed by atoms with Gasteiger partial charge in [-0.1, -0.05) is 36.9 Å². The zero-order chi connectivity index (χ0) is 20.7.